The van der Waals surface area contributed by atoms with Crippen molar-refractivity contribution in [2.75, 3.05) is 12.4 Å². The van der Waals surface area contributed by atoms with Gasteiger partial charge in [-0.25, -0.2) is 0 Å². The molecular weight excluding hydrogens is 434 g/mol. The molecule has 0 saturated carbocycles. The van der Waals surface area contributed by atoms with Gasteiger partial charge in [-0.3, -0.25) is 24.6 Å². The number of amides is 3. The summed E-state index contributed by atoms with van der Waals surface area (Å²) in [5, 5.41) is 16.7. The lowest BCUT2D eigenvalue weighted by molar-refractivity contribution is -0.143. The number of imide groups is 1. The molecule has 1 spiro atoms. The number of para-hydroxylation sites is 1. The van der Waals surface area contributed by atoms with Crippen LogP contribution < -0.4 is 15.4 Å². The van der Waals surface area contributed by atoms with Crippen LogP contribution in [0.3, 0.4) is 0 Å². The molecule has 166 valence electrons. The third kappa shape index (κ3) is 2.73. The number of carbonyl (C=O) groups excluding carboxylic acids is 3. The maximum Gasteiger partial charge on any atom is 0.250 e. The monoisotopic (exact) mass is 455 g/mol. The van der Waals surface area contributed by atoms with Gasteiger partial charge in [0.1, 0.15) is 11.3 Å². The smallest absolute Gasteiger partial charge is 0.250 e. The van der Waals surface area contributed by atoms with E-state index in [1.54, 1.807) is 56.5 Å². The first kappa shape index (κ1) is 20.9. The summed E-state index contributed by atoms with van der Waals surface area (Å²) in [6.45, 7) is 1.62. The zero-order valence-electron chi connectivity index (χ0n) is 17.5. The minimum Gasteiger partial charge on any atom is -0.497 e. The summed E-state index contributed by atoms with van der Waals surface area (Å²) in [5.41, 5.74) is 0.210. The van der Waals surface area contributed by atoms with Crippen LogP contribution >= 0.6 is 11.6 Å². The molecule has 8 nitrogen and oxygen atoms in total. The number of hydrogen-bond donors (Lipinski definition) is 3. The molecule has 3 aliphatic heterocycles. The van der Waals surface area contributed by atoms with Crippen LogP contribution in [0.15, 0.2) is 42.5 Å². The molecule has 2 saturated heterocycles. The molecule has 0 radical (unpaired) electrons. The fourth-order valence-electron chi connectivity index (χ4n) is 5.27. The number of fused-ring (bicyclic) bond motifs is 4. The lowest BCUT2D eigenvalue weighted by atomic mass is 9.76. The fourth-order valence-corrected chi connectivity index (χ4v) is 5.49. The number of nitrogens with one attached hydrogen (secondary N) is 2. The van der Waals surface area contributed by atoms with E-state index in [0.717, 1.165) is 5.56 Å². The van der Waals surface area contributed by atoms with E-state index >= 15 is 0 Å². The molecule has 2 aromatic carbocycles. The first-order valence-corrected chi connectivity index (χ1v) is 10.7. The molecule has 0 unspecified atom stereocenters. The summed E-state index contributed by atoms with van der Waals surface area (Å²) < 4.78 is 5.16. The van der Waals surface area contributed by atoms with E-state index in [-0.39, 0.29) is 6.54 Å². The molecule has 9 heteroatoms. The summed E-state index contributed by atoms with van der Waals surface area (Å²) in [6, 6.07) is 11.4. The maximum atomic E-state index is 13.6. The molecule has 3 heterocycles. The van der Waals surface area contributed by atoms with Crippen molar-refractivity contribution in [2.24, 2.45) is 11.8 Å². The van der Waals surface area contributed by atoms with Crippen molar-refractivity contribution in [1.29, 1.82) is 0 Å². The first-order chi connectivity index (χ1) is 15.3. The largest absolute Gasteiger partial charge is 0.497 e. The van der Waals surface area contributed by atoms with Crippen LogP contribution in [0.1, 0.15) is 18.1 Å². The highest BCUT2D eigenvalue weighted by molar-refractivity contribution is 6.35. The van der Waals surface area contributed by atoms with Crippen molar-refractivity contribution < 1.29 is 24.2 Å². The number of likely N-dealkylation sites (tertiary alicyclic amines) is 1. The van der Waals surface area contributed by atoms with Crippen LogP contribution in [0.4, 0.5) is 5.69 Å². The molecule has 3 aliphatic rings. The summed E-state index contributed by atoms with van der Waals surface area (Å²) in [4.78, 5) is 41.6. The topological polar surface area (TPSA) is 108 Å². The van der Waals surface area contributed by atoms with Crippen molar-refractivity contribution in [3.63, 3.8) is 0 Å². The second-order valence-electron chi connectivity index (χ2n) is 8.45. The average molecular weight is 456 g/mol. The Morgan fingerprint density at radius 3 is 2.53 bits per heavy atom. The molecule has 3 amide bonds. The summed E-state index contributed by atoms with van der Waals surface area (Å²) >= 11 is 6.30. The Bertz CT molecular complexity index is 1130. The number of hydrogen-bond acceptors (Lipinski definition) is 6. The third-order valence-corrected chi connectivity index (χ3v) is 7.06. The van der Waals surface area contributed by atoms with Crippen LogP contribution in [0, 0.1) is 11.8 Å². The molecule has 5 rings (SSSR count). The number of anilines is 1. The van der Waals surface area contributed by atoms with Crippen molar-refractivity contribution >= 4 is 35.0 Å². The highest BCUT2D eigenvalue weighted by Gasteiger charge is 2.71. The molecular formula is C23H22ClN3O5. The Labute approximate surface area is 189 Å². The molecule has 3 N–H and O–H groups in total. The van der Waals surface area contributed by atoms with E-state index in [9.17, 15) is 19.5 Å². The van der Waals surface area contributed by atoms with E-state index in [0.29, 0.717) is 22.0 Å². The second kappa shape index (κ2) is 7.30. The summed E-state index contributed by atoms with van der Waals surface area (Å²) in [5.74, 6) is -2.52. The van der Waals surface area contributed by atoms with Gasteiger partial charge in [-0.05, 0) is 30.7 Å². The van der Waals surface area contributed by atoms with Gasteiger partial charge >= 0.3 is 0 Å². The van der Waals surface area contributed by atoms with Gasteiger partial charge in [0.25, 0.3) is 0 Å². The standard InChI is InChI=1S/C23H22ClN3O5/c1-11(28)18-16-17(23(26-18)14-4-3-5-15(24)19(14)25-22(23)31)21(30)27(20(16)29)10-12-6-8-13(32-2)9-7-12/h3-9,11,16-18,26,28H,10H2,1-2H3,(H,25,31)/t11-,16-,17+,18+,23+/m1/s1. The zero-order valence-corrected chi connectivity index (χ0v) is 18.2. The average Bonchev–Trinajstić information content (AvgIpc) is 3.36. The molecule has 5 atom stereocenters. The first-order valence-electron chi connectivity index (χ1n) is 10.3. The molecule has 0 aromatic heterocycles. The highest BCUT2D eigenvalue weighted by atomic mass is 35.5. The number of aliphatic hydroxyl groups excluding tert-OH is 1. The Morgan fingerprint density at radius 1 is 1.16 bits per heavy atom. The van der Waals surface area contributed by atoms with E-state index in [1.807, 2.05) is 0 Å². The number of halogens is 1. The van der Waals surface area contributed by atoms with E-state index < -0.39 is 47.2 Å². The Morgan fingerprint density at radius 2 is 1.88 bits per heavy atom. The van der Waals surface area contributed by atoms with Gasteiger partial charge in [-0.15, -0.1) is 0 Å². The number of aliphatic hydroxyl groups is 1. The van der Waals surface area contributed by atoms with Gasteiger partial charge in [-0.1, -0.05) is 35.9 Å². The number of benzene rings is 2. The number of methoxy groups -OCH3 is 1. The molecule has 2 fully saturated rings. The van der Waals surface area contributed by atoms with Gasteiger partial charge in [0.2, 0.25) is 17.7 Å². The van der Waals surface area contributed by atoms with Crippen molar-refractivity contribution in [1.82, 2.24) is 10.2 Å². The van der Waals surface area contributed by atoms with Crippen LogP contribution in [0.2, 0.25) is 5.02 Å². The fraction of sp³-hybridized carbons (Fsp3) is 0.348. The van der Waals surface area contributed by atoms with Crippen LogP contribution in [0.5, 0.6) is 5.75 Å². The molecule has 32 heavy (non-hydrogen) atoms. The van der Waals surface area contributed by atoms with Gasteiger partial charge < -0.3 is 15.2 Å². The van der Waals surface area contributed by atoms with Gasteiger partial charge in [0.05, 0.1) is 42.3 Å². The predicted molar refractivity (Wildman–Crippen MR) is 116 cm³/mol. The summed E-state index contributed by atoms with van der Waals surface area (Å²) in [6.07, 6.45) is -0.962. The molecule has 0 aliphatic carbocycles. The second-order valence-corrected chi connectivity index (χ2v) is 8.86. The molecule has 2 aromatic rings. The molecule has 0 bridgehead atoms. The van der Waals surface area contributed by atoms with Crippen LogP contribution in [-0.2, 0) is 26.5 Å². The lowest BCUT2D eigenvalue weighted by Gasteiger charge is -2.30. The minimum absolute atomic E-state index is 0.0707. The minimum atomic E-state index is -1.48. The van der Waals surface area contributed by atoms with Crippen LogP contribution in [0.25, 0.3) is 0 Å². The number of nitrogens with zero attached hydrogens (tertiary/aromatic N) is 1. The van der Waals surface area contributed by atoms with E-state index in [4.69, 9.17) is 16.3 Å². The van der Waals surface area contributed by atoms with E-state index in [1.165, 1.54) is 4.90 Å². The zero-order chi connectivity index (χ0) is 22.8. The SMILES string of the molecule is COc1ccc(CN2C(=O)[C@H]3[C@H]([C@@H](C)O)N[C@]4(C(=O)Nc5c(Cl)cccc54)[C@@H]3C2=O)cc1. The predicted octanol–water partition coefficient (Wildman–Crippen LogP) is 1.65. The Kier molecular flexibility index (Phi) is 4.77. The number of carbonyl (C=O) groups is 3. The van der Waals surface area contributed by atoms with Crippen LogP contribution in [-0.4, -0.2) is 47.0 Å². The highest BCUT2D eigenvalue weighted by Crippen LogP contribution is 2.54. The van der Waals surface area contributed by atoms with Crippen molar-refractivity contribution in [3.8, 4) is 5.75 Å². The van der Waals surface area contributed by atoms with E-state index in [2.05, 4.69) is 10.6 Å². The van der Waals surface area contributed by atoms with Gasteiger partial charge in [0, 0.05) is 11.6 Å². The van der Waals surface area contributed by atoms with Gasteiger partial charge in [-0.2, -0.15) is 0 Å². The van der Waals surface area contributed by atoms with Gasteiger partial charge in [0.15, 0.2) is 0 Å². The quantitative estimate of drug-likeness (QED) is 0.605. The maximum absolute atomic E-state index is 13.6. The third-order valence-electron chi connectivity index (χ3n) is 6.74. The Balaban J connectivity index is 1.58. The van der Waals surface area contributed by atoms with Crippen molar-refractivity contribution in [2.45, 2.75) is 31.2 Å². The lowest BCUT2D eigenvalue weighted by Crippen LogP contribution is -2.54. The number of rotatable bonds is 4. The van der Waals surface area contributed by atoms with Crippen molar-refractivity contribution in [3.05, 3.63) is 58.6 Å². The Hall–Kier alpha value is -2.94. The summed E-state index contributed by atoms with van der Waals surface area (Å²) in [7, 11) is 1.56. The normalized spacial score (nSPS) is 29.3. The number of ether oxygens (including phenoxy) is 1.